The number of nitrogens with one attached hydrogen (secondary N) is 1. The van der Waals surface area contributed by atoms with Gasteiger partial charge in [-0.2, -0.15) is 8.42 Å². The van der Waals surface area contributed by atoms with Crippen LogP contribution in [-0.2, 0) is 10.2 Å². The summed E-state index contributed by atoms with van der Waals surface area (Å²) >= 11 is 8.53. The van der Waals surface area contributed by atoms with E-state index in [2.05, 4.69) is 15.9 Å². The SMILES string of the molecule is NS(=O)(=O)Nc1c(Cl)cc(F)cc1Br. The molecular weight excluding hydrogens is 298 g/mol. The molecule has 1 aromatic carbocycles. The Labute approximate surface area is 93.6 Å². The summed E-state index contributed by atoms with van der Waals surface area (Å²) in [6.45, 7) is 0. The van der Waals surface area contributed by atoms with Gasteiger partial charge in [0.25, 0.3) is 10.2 Å². The van der Waals surface area contributed by atoms with Crippen molar-refractivity contribution in [3.8, 4) is 0 Å². The van der Waals surface area contributed by atoms with Crippen LogP contribution in [0.25, 0.3) is 0 Å². The van der Waals surface area contributed by atoms with E-state index >= 15 is 0 Å². The number of hydrogen-bond donors (Lipinski definition) is 2. The molecule has 3 N–H and O–H groups in total. The summed E-state index contributed by atoms with van der Waals surface area (Å²) in [5, 5.41) is 4.65. The third-order valence-electron chi connectivity index (χ3n) is 1.25. The standard InChI is InChI=1S/C6H5BrClFN2O2S/c7-4-1-3(9)2-5(8)6(4)11-14(10,12)13/h1-2,11H,(H2,10,12,13). The second kappa shape index (κ2) is 4.01. The molecular formula is C6H5BrClFN2O2S. The average Bonchev–Trinajstić information content (AvgIpc) is 1.95. The number of anilines is 1. The fraction of sp³-hybridized carbons (Fsp3) is 0. The van der Waals surface area contributed by atoms with Gasteiger partial charge in [0.05, 0.1) is 10.7 Å². The third-order valence-corrected chi connectivity index (χ3v) is 2.66. The van der Waals surface area contributed by atoms with Gasteiger partial charge in [0.2, 0.25) is 0 Å². The minimum Gasteiger partial charge on any atom is -0.269 e. The van der Waals surface area contributed by atoms with Gasteiger partial charge in [-0.25, -0.2) is 9.53 Å². The molecule has 0 aliphatic rings. The molecule has 0 aliphatic heterocycles. The van der Waals surface area contributed by atoms with Gasteiger partial charge < -0.3 is 0 Å². The molecule has 8 heteroatoms. The van der Waals surface area contributed by atoms with Crippen molar-refractivity contribution in [2.75, 3.05) is 4.72 Å². The lowest BCUT2D eigenvalue weighted by Gasteiger charge is -2.08. The molecule has 1 aromatic rings. The highest BCUT2D eigenvalue weighted by molar-refractivity contribution is 9.10. The van der Waals surface area contributed by atoms with Crippen LogP contribution < -0.4 is 9.86 Å². The average molecular weight is 304 g/mol. The topological polar surface area (TPSA) is 72.2 Å². The molecule has 4 nitrogen and oxygen atoms in total. The van der Waals surface area contributed by atoms with E-state index in [9.17, 15) is 12.8 Å². The van der Waals surface area contributed by atoms with Crippen molar-refractivity contribution < 1.29 is 12.8 Å². The molecule has 0 atom stereocenters. The van der Waals surface area contributed by atoms with Crippen LogP contribution in [0.3, 0.4) is 0 Å². The van der Waals surface area contributed by atoms with E-state index in [0.717, 1.165) is 12.1 Å². The van der Waals surface area contributed by atoms with Crippen molar-refractivity contribution >= 4 is 43.4 Å². The molecule has 0 saturated heterocycles. The maximum absolute atomic E-state index is 12.7. The van der Waals surface area contributed by atoms with Gasteiger partial charge in [-0.15, -0.1) is 0 Å². The fourth-order valence-corrected chi connectivity index (χ4v) is 2.37. The van der Waals surface area contributed by atoms with Crippen molar-refractivity contribution in [2.24, 2.45) is 5.14 Å². The Morgan fingerprint density at radius 3 is 2.50 bits per heavy atom. The first-order valence-corrected chi connectivity index (χ1v) is 5.96. The second-order valence-corrected chi connectivity index (χ2v) is 4.95. The monoisotopic (exact) mass is 302 g/mol. The lowest BCUT2D eigenvalue weighted by Crippen LogP contribution is -2.22. The van der Waals surface area contributed by atoms with Crippen LogP contribution in [0.1, 0.15) is 0 Å². The molecule has 78 valence electrons. The molecule has 0 amide bonds. The summed E-state index contributed by atoms with van der Waals surface area (Å²) in [5.41, 5.74) is 0.00978. The maximum atomic E-state index is 12.7. The quantitative estimate of drug-likeness (QED) is 0.875. The fourth-order valence-electron chi connectivity index (χ4n) is 0.782. The largest absolute Gasteiger partial charge is 0.296 e. The van der Waals surface area contributed by atoms with Crippen LogP contribution in [0.5, 0.6) is 0 Å². The number of nitrogens with two attached hydrogens (primary N) is 1. The maximum Gasteiger partial charge on any atom is 0.296 e. The van der Waals surface area contributed by atoms with Crippen LogP contribution in [0.15, 0.2) is 16.6 Å². The summed E-state index contributed by atoms with van der Waals surface area (Å²) in [4.78, 5) is 0. The highest BCUT2D eigenvalue weighted by atomic mass is 79.9. The van der Waals surface area contributed by atoms with Crippen LogP contribution in [0.4, 0.5) is 10.1 Å². The van der Waals surface area contributed by atoms with Gasteiger partial charge in [0, 0.05) is 4.47 Å². The van der Waals surface area contributed by atoms with Crippen LogP contribution in [0, 0.1) is 5.82 Å². The van der Waals surface area contributed by atoms with Crippen molar-refractivity contribution in [2.45, 2.75) is 0 Å². The Morgan fingerprint density at radius 2 is 2.07 bits per heavy atom. The first-order chi connectivity index (χ1) is 6.29. The summed E-state index contributed by atoms with van der Waals surface area (Å²) < 4.78 is 36.2. The highest BCUT2D eigenvalue weighted by Crippen LogP contribution is 2.31. The Balaban J connectivity index is 3.22. The first-order valence-electron chi connectivity index (χ1n) is 3.24. The molecule has 14 heavy (non-hydrogen) atoms. The van der Waals surface area contributed by atoms with E-state index in [1.54, 1.807) is 0 Å². The van der Waals surface area contributed by atoms with Gasteiger partial charge in [0.15, 0.2) is 0 Å². The van der Waals surface area contributed by atoms with Crippen molar-refractivity contribution in [1.82, 2.24) is 0 Å². The molecule has 0 aromatic heterocycles. The molecule has 0 spiro atoms. The smallest absolute Gasteiger partial charge is 0.269 e. The van der Waals surface area contributed by atoms with E-state index in [1.807, 2.05) is 4.72 Å². The summed E-state index contributed by atoms with van der Waals surface area (Å²) in [7, 11) is -3.92. The zero-order valence-corrected chi connectivity index (χ0v) is 9.75. The zero-order chi connectivity index (χ0) is 10.9. The number of rotatable bonds is 2. The molecule has 0 unspecified atom stereocenters. The number of halogens is 3. The van der Waals surface area contributed by atoms with E-state index in [-0.39, 0.29) is 15.2 Å². The minimum atomic E-state index is -3.92. The van der Waals surface area contributed by atoms with Crippen LogP contribution in [0.2, 0.25) is 5.02 Å². The normalized spacial score (nSPS) is 11.4. The number of hydrogen-bond acceptors (Lipinski definition) is 2. The zero-order valence-electron chi connectivity index (χ0n) is 6.59. The predicted molar refractivity (Wildman–Crippen MR) is 55.8 cm³/mol. The Hall–Kier alpha value is -0.370. The van der Waals surface area contributed by atoms with Crippen LogP contribution in [-0.4, -0.2) is 8.42 Å². The lowest BCUT2D eigenvalue weighted by molar-refractivity contribution is 0.602. The van der Waals surface area contributed by atoms with Crippen LogP contribution >= 0.6 is 27.5 Å². The summed E-state index contributed by atoms with van der Waals surface area (Å²) in [6.07, 6.45) is 0. The van der Waals surface area contributed by atoms with Gasteiger partial charge in [0.1, 0.15) is 5.82 Å². The molecule has 1 rings (SSSR count). The summed E-state index contributed by atoms with van der Waals surface area (Å²) in [6, 6.07) is 2.04. The molecule has 0 aliphatic carbocycles. The third kappa shape index (κ3) is 3.09. The second-order valence-electron chi connectivity index (χ2n) is 2.39. The van der Waals surface area contributed by atoms with Gasteiger partial charge in [-0.3, -0.25) is 4.72 Å². The Kier molecular flexibility index (Phi) is 3.36. The van der Waals surface area contributed by atoms with E-state index in [0.29, 0.717) is 0 Å². The first kappa shape index (κ1) is 11.7. The number of benzene rings is 1. The molecule has 0 saturated carbocycles. The minimum absolute atomic E-state index is 0.00978. The summed E-state index contributed by atoms with van der Waals surface area (Å²) in [5.74, 6) is -0.582. The predicted octanol–water partition coefficient (Wildman–Crippen LogP) is 1.86. The highest BCUT2D eigenvalue weighted by Gasteiger charge is 2.11. The van der Waals surface area contributed by atoms with Crippen molar-refractivity contribution in [3.05, 3.63) is 27.4 Å². The molecule has 0 heterocycles. The van der Waals surface area contributed by atoms with Gasteiger partial charge in [-0.05, 0) is 28.1 Å². The van der Waals surface area contributed by atoms with E-state index in [1.165, 1.54) is 0 Å². The van der Waals surface area contributed by atoms with E-state index < -0.39 is 16.0 Å². The molecule has 0 bridgehead atoms. The van der Waals surface area contributed by atoms with Gasteiger partial charge in [-0.1, -0.05) is 11.6 Å². The molecule has 0 radical (unpaired) electrons. The van der Waals surface area contributed by atoms with Crippen molar-refractivity contribution in [1.29, 1.82) is 0 Å². The van der Waals surface area contributed by atoms with E-state index in [4.69, 9.17) is 16.7 Å². The Bertz CT molecular complexity index is 442. The Morgan fingerprint density at radius 1 is 1.50 bits per heavy atom. The lowest BCUT2D eigenvalue weighted by atomic mass is 10.3. The molecule has 0 fully saturated rings. The van der Waals surface area contributed by atoms with Gasteiger partial charge >= 0.3 is 0 Å². The van der Waals surface area contributed by atoms with Crippen molar-refractivity contribution in [3.63, 3.8) is 0 Å².